The second kappa shape index (κ2) is 10.9. The van der Waals surface area contributed by atoms with Crippen LogP contribution in [-0.2, 0) is 25.1 Å². The molecule has 1 atom stereocenters. The molecule has 10 nitrogen and oxygen atoms in total. The van der Waals surface area contributed by atoms with Crippen molar-refractivity contribution >= 4 is 39.8 Å². The predicted molar refractivity (Wildman–Crippen MR) is 162 cm³/mol. The lowest BCUT2D eigenvalue weighted by molar-refractivity contribution is 0.00578. The Morgan fingerprint density at radius 3 is 2.26 bits per heavy atom. The van der Waals surface area contributed by atoms with Crippen molar-refractivity contribution in [3.05, 3.63) is 78.1 Å². The van der Waals surface area contributed by atoms with Crippen LogP contribution in [0.3, 0.4) is 0 Å². The number of aliphatic hydroxyl groups is 1. The van der Waals surface area contributed by atoms with Gasteiger partial charge < -0.3 is 19.3 Å². The van der Waals surface area contributed by atoms with Gasteiger partial charge in [-0.1, -0.05) is 42.5 Å². The third-order valence-corrected chi connectivity index (χ3v) is 9.37. The van der Waals surface area contributed by atoms with E-state index in [4.69, 9.17) is 14.3 Å². The average Bonchev–Trinajstić information content (AvgIpc) is 3.42. The highest BCUT2D eigenvalue weighted by Gasteiger charge is 2.52. The van der Waals surface area contributed by atoms with Gasteiger partial charge in [0.1, 0.15) is 5.52 Å². The van der Waals surface area contributed by atoms with Crippen molar-refractivity contribution in [2.75, 3.05) is 13.6 Å². The number of fused-ring (bicyclic) bond motifs is 1. The monoisotopic (exact) mass is 590 g/mol. The maximum Gasteiger partial charge on any atom is 0.516 e. The fourth-order valence-electron chi connectivity index (χ4n) is 4.82. The van der Waals surface area contributed by atoms with Gasteiger partial charge in [-0.05, 0) is 57.9 Å². The lowest BCUT2D eigenvalue weighted by Gasteiger charge is -2.32. The summed E-state index contributed by atoms with van der Waals surface area (Å²) in [6.07, 6.45) is 2.36. The van der Waals surface area contributed by atoms with E-state index in [0.717, 1.165) is 0 Å². The Balaban J connectivity index is 1.59. The normalized spacial score (nSPS) is 17.0. The lowest BCUT2D eigenvalue weighted by Crippen LogP contribution is -2.41. The van der Waals surface area contributed by atoms with E-state index in [0.29, 0.717) is 33.4 Å². The van der Waals surface area contributed by atoms with Gasteiger partial charge in [0.05, 0.1) is 28.7 Å². The van der Waals surface area contributed by atoms with Gasteiger partial charge in [0.25, 0.3) is 5.91 Å². The van der Waals surface area contributed by atoms with Crippen molar-refractivity contribution in [3.8, 4) is 11.1 Å². The minimum Gasteiger partial charge on any atom is -0.398 e. The molecule has 3 heterocycles. The van der Waals surface area contributed by atoms with Crippen LogP contribution in [-0.4, -0.2) is 76.3 Å². The van der Waals surface area contributed by atoms with Crippen molar-refractivity contribution in [1.82, 2.24) is 18.8 Å². The number of amides is 1. The highest BCUT2D eigenvalue weighted by Crippen LogP contribution is 2.37. The molecular formula is C30H35BN4O6S. The number of hydrogen-bond donors (Lipinski definition) is 1. The molecule has 1 saturated heterocycles. The van der Waals surface area contributed by atoms with Crippen LogP contribution in [0.25, 0.3) is 22.3 Å². The number of likely N-dealkylation sites (N-methyl/N-ethyl adjacent to an activating group) is 1. The number of aromatic nitrogens is 3. The van der Waals surface area contributed by atoms with Gasteiger partial charge in [-0.3, -0.25) is 9.78 Å². The first-order valence-electron chi connectivity index (χ1n) is 13.7. The second-order valence-electron chi connectivity index (χ2n) is 11.7. The Bertz CT molecular complexity index is 1700. The Morgan fingerprint density at radius 2 is 1.67 bits per heavy atom. The second-order valence-corrected chi connectivity index (χ2v) is 13.6. The predicted octanol–water partition coefficient (Wildman–Crippen LogP) is 3.23. The smallest absolute Gasteiger partial charge is 0.398 e. The number of rotatable bonds is 8. The molecule has 2 aromatic heterocycles. The summed E-state index contributed by atoms with van der Waals surface area (Å²) in [6.45, 7) is 9.59. The quantitative estimate of drug-likeness (QED) is 0.311. The van der Waals surface area contributed by atoms with Crippen molar-refractivity contribution in [2.45, 2.75) is 57.7 Å². The fourth-order valence-corrected chi connectivity index (χ4v) is 6.24. The first-order chi connectivity index (χ1) is 19.7. The molecule has 4 aromatic rings. The summed E-state index contributed by atoms with van der Waals surface area (Å²) in [5.74, 6) is -0.459. The maximum atomic E-state index is 13.7. The Kier molecular flexibility index (Phi) is 7.78. The molecule has 0 saturated carbocycles. The third-order valence-electron chi connectivity index (χ3n) is 7.80. The average molecular weight is 591 g/mol. The summed E-state index contributed by atoms with van der Waals surface area (Å²) in [6, 6.07) is 15.8. The number of carbonyl (C=O) groups excluding carboxylic acids is 1. The van der Waals surface area contributed by atoms with E-state index in [2.05, 4.69) is 4.98 Å². The molecule has 1 aliphatic rings. The molecule has 0 unspecified atom stereocenters. The van der Waals surface area contributed by atoms with Crippen LogP contribution in [0.2, 0.25) is 0 Å². The third kappa shape index (κ3) is 5.72. The summed E-state index contributed by atoms with van der Waals surface area (Å²) in [4.78, 5) is 23.6. The minimum atomic E-state index is -3.87. The molecule has 5 rings (SSSR count). The summed E-state index contributed by atoms with van der Waals surface area (Å²) in [7, 11) is -3.03. The van der Waals surface area contributed by atoms with E-state index < -0.39 is 34.4 Å². The van der Waals surface area contributed by atoms with E-state index >= 15 is 0 Å². The molecule has 1 amide bonds. The molecule has 42 heavy (non-hydrogen) atoms. The fraction of sp³-hybridized carbons (Fsp3) is 0.367. The summed E-state index contributed by atoms with van der Waals surface area (Å²) >= 11 is 0. The van der Waals surface area contributed by atoms with Crippen LogP contribution in [0.15, 0.2) is 67.0 Å². The van der Waals surface area contributed by atoms with Crippen LogP contribution in [0, 0.1) is 0 Å². The molecular weight excluding hydrogens is 555 g/mol. The van der Waals surface area contributed by atoms with Gasteiger partial charge in [-0.15, -0.1) is 0 Å². The van der Waals surface area contributed by atoms with Gasteiger partial charge in [-0.2, -0.15) is 0 Å². The van der Waals surface area contributed by atoms with Crippen molar-refractivity contribution in [1.29, 1.82) is 0 Å². The zero-order valence-corrected chi connectivity index (χ0v) is 25.4. The van der Waals surface area contributed by atoms with E-state index in [9.17, 15) is 18.3 Å². The SMILES string of the molecule is C[C@@H](O)CN(C)C(=O)c1ccc(-c2cn(S(=O)(=O)Cc3ccccc3)c3ncc(B4OC(C)(C)C(C)(C)O4)nc23)cc1. The van der Waals surface area contributed by atoms with Crippen LogP contribution in [0.5, 0.6) is 0 Å². The molecule has 12 heteroatoms. The van der Waals surface area contributed by atoms with Crippen LogP contribution >= 0.6 is 0 Å². The van der Waals surface area contributed by atoms with E-state index in [1.54, 1.807) is 62.5 Å². The van der Waals surface area contributed by atoms with E-state index in [1.165, 1.54) is 21.3 Å². The first kappa shape index (κ1) is 29.9. The van der Waals surface area contributed by atoms with E-state index in [1.807, 2.05) is 33.8 Å². The standard InChI is InChI=1S/C30H35BN4O6S/c1-20(36)17-34(6)28(37)23-14-12-22(13-15-23)24-18-35(42(38,39)19-21-10-8-7-9-11-21)27-26(24)33-25(16-32-27)31-40-29(2,3)30(4,5)41-31/h7-16,18,20,36H,17,19H2,1-6H3/t20-/m1/s1. The zero-order chi connectivity index (χ0) is 30.4. The highest BCUT2D eigenvalue weighted by molar-refractivity contribution is 7.89. The van der Waals surface area contributed by atoms with Crippen LogP contribution in [0.4, 0.5) is 0 Å². The molecule has 0 bridgehead atoms. The van der Waals surface area contributed by atoms with Gasteiger partial charge in [0.2, 0.25) is 10.0 Å². The van der Waals surface area contributed by atoms with Gasteiger partial charge in [0.15, 0.2) is 5.65 Å². The van der Waals surface area contributed by atoms with Gasteiger partial charge in [-0.25, -0.2) is 17.4 Å². The molecule has 1 N–H and O–H groups in total. The first-order valence-corrected chi connectivity index (χ1v) is 15.3. The Morgan fingerprint density at radius 1 is 1.05 bits per heavy atom. The number of aliphatic hydroxyl groups excluding tert-OH is 1. The van der Waals surface area contributed by atoms with Gasteiger partial charge >= 0.3 is 7.12 Å². The maximum absolute atomic E-state index is 13.7. The van der Waals surface area contributed by atoms with Crippen molar-refractivity contribution in [3.63, 3.8) is 0 Å². The number of hydrogen-bond acceptors (Lipinski definition) is 8. The molecule has 1 aliphatic heterocycles. The largest absolute Gasteiger partial charge is 0.516 e. The highest BCUT2D eigenvalue weighted by atomic mass is 32.2. The minimum absolute atomic E-state index is 0.179. The van der Waals surface area contributed by atoms with Crippen molar-refractivity contribution in [2.24, 2.45) is 0 Å². The zero-order valence-electron chi connectivity index (χ0n) is 24.6. The Hall–Kier alpha value is -3.58. The Labute approximate surface area is 246 Å². The number of nitrogens with zero attached hydrogens (tertiary/aromatic N) is 4. The molecule has 220 valence electrons. The summed E-state index contributed by atoms with van der Waals surface area (Å²) < 4.78 is 40.8. The van der Waals surface area contributed by atoms with Crippen LogP contribution in [0.1, 0.15) is 50.5 Å². The summed E-state index contributed by atoms with van der Waals surface area (Å²) in [5.41, 5.74) is 2.05. The molecule has 0 aliphatic carbocycles. The number of carbonyl (C=O) groups is 1. The molecule has 2 aromatic carbocycles. The topological polar surface area (TPSA) is 124 Å². The van der Waals surface area contributed by atoms with Crippen LogP contribution < -0.4 is 5.59 Å². The lowest BCUT2D eigenvalue weighted by atomic mass is 9.85. The van der Waals surface area contributed by atoms with Crippen molar-refractivity contribution < 1.29 is 27.6 Å². The van der Waals surface area contributed by atoms with E-state index in [-0.39, 0.29) is 23.9 Å². The molecule has 0 radical (unpaired) electrons. The molecule has 0 spiro atoms. The number of benzene rings is 2. The summed E-state index contributed by atoms with van der Waals surface area (Å²) in [5, 5.41) is 9.66. The molecule has 1 fully saturated rings. The van der Waals surface area contributed by atoms with Gasteiger partial charge in [0, 0.05) is 37.1 Å².